The summed E-state index contributed by atoms with van der Waals surface area (Å²) < 4.78 is 0. The number of hydrogen-bond acceptors (Lipinski definition) is 4. The van der Waals surface area contributed by atoms with Crippen LogP contribution in [-0.2, 0) is 16.1 Å². The van der Waals surface area contributed by atoms with Crippen molar-refractivity contribution < 1.29 is 14.4 Å². The molecule has 0 saturated carbocycles. The van der Waals surface area contributed by atoms with Crippen molar-refractivity contribution in [3.8, 4) is 0 Å². The first kappa shape index (κ1) is 22.5. The number of hydrogen-bond donors (Lipinski definition) is 2. The zero-order chi connectivity index (χ0) is 22.4. The molecule has 0 radical (unpaired) electrons. The number of amides is 3. The number of aromatic nitrogens is 1. The maximum absolute atomic E-state index is 12.8. The van der Waals surface area contributed by atoms with E-state index >= 15 is 0 Å². The first-order chi connectivity index (χ1) is 14.7. The van der Waals surface area contributed by atoms with Crippen LogP contribution in [0.4, 0.5) is 5.69 Å². The lowest BCUT2D eigenvalue weighted by molar-refractivity contribution is -0.142. The van der Waals surface area contributed by atoms with E-state index in [1.807, 2.05) is 39.0 Å². The van der Waals surface area contributed by atoms with E-state index in [9.17, 15) is 14.4 Å². The van der Waals surface area contributed by atoms with Gasteiger partial charge in [-0.25, -0.2) is 0 Å². The summed E-state index contributed by atoms with van der Waals surface area (Å²) in [6.07, 6.45) is 3.22. The van der Waals surface area contributed by atoms with Crippen molar-refractivity contribution in [3.05, 3.63) is 59.9 Å². The van der Waals surface area contributed by atoms with E-state index in [4.69, 9.17) is 0 Å². The molecule has 0 spiro atoms. The van der Waals surface area contributed by atoms with Gasteiger partial charge in [0.25, 0.3) is 5.91 Å². The van der Waals surface area contributed by atoms with Crippen molar-refractivity contribution in [1.29, 1.82) is 0 Å². The van der Waals surface area contributed by atoms with Crippen LogP contribution in [0.25, 0.3) is 0 Å². The van der Waals surface area contributed by atoms with Crippen LogP contribution < -0.4 is 10.6 Å². The van der Waals surface area contributed by atoms with Gasteiger partial charge in [-0.3, -0.25) is 19.4 Å². The van der Waals surface area contributed by atoms with Crippen molar-refractivity contribution in [2.24, 2.45) is 11.3 Å². The summed E-state index contributed by atoms with van der Waals surface area (Å²) in [5.41, 5.74) is 1.33. The van der Waals surface area contributed by atoms with Crippen molar-refractivity contribution in [3.63, 3.8) is 0 Å². The van der Waals surface area contributed by atoms with Gasteiger partial charge in [0, 0.05) is 36.0 Å². The third-order valence-corrected chi connectivity index (χ3v) is 5.27. The molecule has 1 atom stereocenters. The highest BCUT2D eigenvalue weighted by Gasteiger charge is 2.33. The van der Waals surface area contributed by atoms with Crippen molar-refractivity contribution in [2.75, 3.05) is 18.4 Å². The molecule has 7 nitrogen and oxygen atoms in total. The van der Waals surface area contributed by atoms with E-state index < -0.39 is 5.41 Å². The Balaban J connectivity index is 1.59. The maximum atomic E-state index is 12.8. The molecule has 1 saturated heterocycles. The first-order valence-corrected chi connectivity index (χ1v) is 10.6. The second kappa shape index (κ2) is 9.73. The minimum atomic E-state index is -0.463. The molecule has 1 aliphatic heterocycles. The van der Waals surface area contributed by atoms with Gasteiger partial charge in [-0.15, -0.1) is 0 Å². The molecule has 1 aliphatic rings. The molecule has 2 N–H and O–H groups in total. The standard InChI is InChI=1S/C24H30N4O3/c1-24(2,3)23(31)28-13-7-9-18(16-28)22(30)27-19-11-6-8-17(14-19)21(29)26-15-20-10-4-5-12-25-20/h4-6,8,10-12,14,18H,7,9,13,15-16H2,1-3H3,(H,26,29)(H,27,30). The van der Waals surface area contributed by atoms with Gasteiger partial charge < -0.3 is 15.5 Å². The number of carbonyl (C=O) groups excluding carboxylic acids is 3. The van der Waals surface area contributed by atoms with Crippen LogP contribution >= 0.6 is 0 Å². The summed E-state index contributed by atoms with van der Waals surface area (Å²) in [7, 11) is 0. The van der Waals surface area contributed by atoms with Crippen LogP contribution in [0.15, 0.2) is 48.7 Å². The smallest absolute Gasteiger partial charge is 0.251 e. The summed E-state index contributed by atoms with van der Waals surface area (Å²) in [4.78, 5) is 43.8. The maximum Gasteiger partial charge on any atom is 0.251 e. The second-order valence-electron chi connectivity index (χ2n) is 8.91. The molecular weight excluding hydrogens is 392 g/mol. The fraction of sp³-hybridized carbons (Fsp3) is 0.417. The predicted octanol–water partition coefficient (Wildman–Crippen LogP) is 3.23. The Morgan fingerprint density at radius 2 is 1.94 bits per heavy atom. The van der Waals surface area contributed by atoms with Crippen molar-refractivity contribution in [1.82, 2.24) is 15.2 Å². The summed E-state index contributed by atoms with van der Waals surface area (Å²) in [5, 5.41) is 5.74. The SMILES string of the molecule is CC(C)(C)C(=O)N1CCCC(C(=O)Nc2cccc(C(=O)NCc3ccccn3)c2)C1. The average Bonchev–Trinajstić information content (AvgIpc) is 2.77. The Morgan fingerprint density at radius 1 is 1.13 bits per heavy atom. The van der Waals surface area contributed by atoms with E-state index in [1.165, 1.54) is 0 Å². The molecule has 1 aromatic heterocycles. The summed E-state index contributed by atoms with van der Waals surface area (Å²) in [6, 6.07) is 12.4. The molecule has 1 fully saturated rings. The van der Waals surface area contributed by atoms with Gasteiger partial charge in [0.1, 0.15) is 0 Å². The number of carbonyl (C=O) groups is 3. The molecular formula is C24H30N4O3. The largest absolute Gasteiger partial charge is 0.346 e. The van der Waals surface area contributed by atoms with Gasteiger partial charge in [-0.2, -0.15) is 0 Å². The van der Waals surface area contributed by atoms with Gasteiger partial charge in [0.2, 0.25) is 11.8 Å². The monoisotopic (exact) mass is 422 g/mol. The molecule has 7 heteroatoms. The lowest BCUT2D eigenvalue weighted by Gasteiger charge is -2.35. The Hall–Kier alpha value is -3.22. The number of nitrogens with one attached hydrogen (secondary N) is 2. The topological polar surface area (TPSA) is 91.4 Å². The van der Waals surface area contributed by atoms with Crippen LogP contribution in [0.3, 0.4) is 0 Å². The highest BCUT2D eigenvalue weighted by molar-refractivity contribution is 5.98. The Morgan fingerprint density at radius 3 is 2.65 bits per heavy atom. The van der Waals surface area contributed by atoms with Crippen LogP contribution in [0.1, 0.15) is 49.7 Å². The van der Waals surface area contributed by atoms with Gasteiger partial charge in [-0.1, -0.05) is 32.9 Å². The Bertz CT molecular complexity index is 937. The van der Waals surface area contributed by atoms with E-state index in [-0.39, 0.29) is 23.6 Å². The first-order valence-electron chi connectivity index (χ1n) is 10.6. The normalized spacial score (nSPS) is 16.5. The molecule has 2 aromatic rings. The predicted molar refractivity (Wildman–Crippen MR) is 119 cm³/mol. The molecule has 1 aromatic carbocycles. The van der Waals surface area contributed by atoms with E-state index in [0.29, 0.717) is 30.9 Å². The molecule has 0 bridgehead atoms. The molecule has 3 rings (SSSR count). The number of nitrogens with zero attached hydrogens (tertiary/aromatic N) is 2. The summed E-state index contributed by atoms with van der Waals surface area (Å²) in [5.74, 6) is -0.558. The lowest BCUT2D eigenvalue weighted by Crippen LogP contribution is -2.47. The number of anilines is 1. The molecule has 1 unspecified atom stereocenters. The molecule has 2 heterocycles. The van der Waals surface area contributed by atoms with Crippen LogP contribution in [0.5, 0.6) is 0 Å². The third-order valence-electron chi connectivity index (χ3n) is 5.27. The van der Waals surface area contributed by atoms with Crippen LogP contribution in [0.2, 0.25) is 0 Å². The van der Waals surface area contributed by atoms with Crippen molar-refractivity contribution in [2.45, 2.75) is 40.2 Å². The van der Waals surface area contributed by atoms with Gasteiger partial charge in [-0.05, 0) is 43.2 Å². The average molecular weight is 423 g/mol. The van der Waals surface area contributed by atoms with Crippen molar-refractivity contribution >= 4 is 23.4 Å². The zero-order valence-electron chi connectivity index (χ0n) is 18.4. The third kappa shape index (κ3) is 6.13. The fourth-order valence-electron chi connectivity index (χ4n) is 3.61. The van der Waals surface area contributed by atoms with Crippen LogP contribution in [-0.4, -0.2) is 40.7 Å². The number of piperidine rings is 1. The molecule has 164 valence electrons. The van der Waals surface area contributed by atoms with Crippen LogP contribution in [0, 0.1) is 11.3 Å². The van der Waals surface area contributed by atoms with Gasteiger partial charge >= 0.3 is 0 Å². The number of pyridine rings is 1. The summed E-state index contributed by atoms with van der Waals surface area (Å²) in [6.45, 7) is 7.12. The minimum absolute atomic E-state index is 0.0663. The molecule has 31 heavy (non-hydrogen) atoms. The number of rotatable bonds is 5. The molecule has 3 amide bonds. The zero-order valence-corrected chi connectivity index (χ0v) is 18.4. The van der Waals surface area contributed by atoms with E-state index in [1.54, 1.807) is 35.4 Å². The van der Waals surface area contributed by atoms with Gasteiger partial charge in [0.05, 0.1) is 18.2 Å². The molecule has 0 aliphatic carbocycles. The minimum Gasteiger partial charge on any atom is -0.346 e. The highest BCUT2D eigenvalue weighted by atomic mass is 16.2. The number of likely N-dealkylation sites (tertiary alicyclic amines) is 1. The summed E-state index contributed by atoms with van der Waals surface area (Å²) >= 11 is 0. The second-order valence-corrected chi connectivity index (χ2v) is 8.91. The van der Waals surface area contributed by atoms with Gasteiger partial charge in [0.15, 0.2) is 0 Å². The quantitative estimate of drug-likeness (QED) is 0.774. The van der Waals surface area contributed by atoms with E-state index in [2.05, 4.69) is 15.6 Å². The van der Waals surface area contributed by atoms with E-state index in [0.717, 1.165) is 18.5 Å². The lowest BCUT2D eigenvalue weighted by atomic mass is 9.91. The fourth-order valence-corrected chi connectivity index (χ4v) is 3.61. The Kier molecular flexibility index (Phi) is 7.05. The Labute approximate surface area is 183 Å². The number of benzene rings is 1. The highest BCUT2D eigenvalue weighted by Crippen LogP contribution is 2.24.